The zero-order valence-electron chi connectivity index (χ0n) is 13.9. The molecule has 4 rings (SSSR count). The van der Waals surface area contributed by atoms with E-state index in [9.17, 15) is 8.42 Å². The third-order valence-electron chi connectivity index (χ3n) is 4.99. The van der Waals surface area contributed by atoms with E-state index in [4.69, 9.17) is 16.3 Å². The average molecular weight is 402 g/mol. The van der Waals surface area contributed by atoms with E-state index < -0.39 is 9.84 Å². The topological polar surface area (TPSA) is 72.4 Å². The number of hydrogen-bond acceptors (Lipinski definition) is 7. The van der Waals surface area contributed by atoms with Gasteiger partial charge in [-0.05, 0) is 48.7 Å². The number of fused-ring (bicyclic) bond motifs is 1. The summed E-state index contributed by atoms with van der Waals surface area (Å²) >= 11 is 7.77. The van der Waals surface area contributed by atoms with E-state index in [0.29, 0.717) is 25.4 Å². The summed E-state index contributed by atoms with van der Waals surface area (Å²) in [6.07, 6.45) is 1.99. The molecule has 0 bridgehead atoms. The van der Waals surface area contributed by atoms with Gasteiger partial charge in [0.15, 0.2) is 15.7 Å². The fourth-order valence-corrected chi connectivity index (χ4v) is 6.69. The number of rotatable bonds is 3. The minimum absolute atomic E-state index is 0.204. The summed E-state index contributed by atoms with van der Waals surface area (Å²) in [6.45, 7) is 4.17. The van der Waals surface area contributed by atoms with Crippen LogP contribution in [0.1, 0.15) is 25.3 Å². The number of thiophene rings is 1. The Balaban J connectivity index is 1.74. The van der Waals surface area contributed by atoms with Crippen molar-refractivity contribution in [3.8, 4) is 0 Å². The van der Waals surface area contributed by atoms with Crippen molar-refractivity contribution in [3.63, 3.8) is 0 Å². The zero-order valence-corrected chi connectivity index (χ0v) is 16.3. The van der Waals surface area contributed by atoms with Crippen molar-refractivity contribution in [2.24, 2.45) is 0 Å². The second-order valence-electron chi connectivity index (χ2n) is 6.71. The summed E-state index contributed by atoms with van der Waals surface area (Å²) in [4.78, 5) is 11.1. The fourth-order valence-electron chi connectivity index (χ4n) is 3.64. The second-order valence-corrected chi connectivity index (χ2v) is 10.3. The summed E-state index contributed by atoms with van der Waals surface area (Å²) in [5.41, 5.74) is 1.75. The Labute approximate surface area is 156 Å². The Hall–Kier alpha value is -0.960. The van der Waals surface area contributed by atoms with Gasteiger partial charge in [0.2, 0.25) is 5.28 Å². The van der Waals surface area contributed by atoms with Crippen LogP contribution in [0.4, 0.5) is 5.82 Å². The molecule has 25 heavy (non-hydrogen) atoms. The molecule has 9 heteroatoms. The van der Waals surface area contributed by atoms with Crippen LogP contribution in [0.25, 0.3) is 10.2 Å². The van der Waals surface area contributed by atoms with Gasteiger partial charge in [-0.1, -0.05) is 0 Å². The number of hydrogen-bond donors (Lipinski definition) is 0. The number of anilines is 1. The van der Waals surface area contributed by atoms with Crippen LogP contribution < -0.4 is 4.90 Å². The summed E-state index contributed by atoms with van der Waals surface area (Å²) in [5, 5.41) is 1.91. The maximum absolute atomic E-state index is 12.2. The molecule has 0 saturated carbocycles. The molecule has 2 fully saturated rings. The first kappa shape index (κ1) is 17.5. The summed E-state index contributed by atoms with van der Waals surface area (Å²) in [6, 6.07) is 0.212. The molecular formula is C16H20ClN3O3S2. The first-order chi connectivity index (χ1) is 12.0. The van der Waals surface area contributed by atoms with Crippen molar-refractivity contribution in [2.45, 2.75) is 37.5 Å². The standard InChI is InChI=1S/C16H20ClN3O3S2/c1-10-8-23-5-4-20(10)15-14-13(18-16(17)19-15)11(9-24-14)7-12-3-2-6-25(12,21)22/h9-10,12H,2-8H2,1H3/t10-,12?/m1/s1. The average Bonchev–Trinajstić information content (AvgIpc) is 3.11. The number of ether oxygens (including phenoxy) is 1. The van der Waals surface area contributed by atoms with Gasteiger partial charge in [0.05, 0.1) is 40.5 Å². The van der Waals surface area contributed by atoms with Crippen LogP contribution >= 0.6 is 22.9 Å². The van der Waals surface area contributed by atoms with Crippen molar-refractivity contribution < 1.29 is 13.2 Å². The molecule has 2 aliphatic rings. The molecular weight excluding hydrogens is 382 g/mol. The lowest BCUT2D eigenvalue weighted by Crippen LogP contribution is -2.44. The Bertz CT molecular complexity index is 899. The first-order valence-corrected chi connectivity index (χ1v) is 11.4. The molecule has 0 spiro atoms. The van der Waals surface area contributed by atoms with E-state index in [-0.39, 0.29) is 16.6 Å². The summed E-state index contributed by atoms with van der Waals surface area (Å²) in [7, 11) is -2.98. The molecule has 0 aromatic carbocycles. The van der Waals surface area contributed by atoms with Gasteiger partial charge >= 0.3 is 0 Å². The van der Waals surface area contributed by atoms with Gasteiger partial charge in [0.1, 0.15) is 0 Å². The minimum Gasteiger partial charge on any atom is -0.377 e. The monoisotopic (exact) mass is 401 g/mol. The van der Waals surface area contributed by atoms with E-state index >= 15 is 0 Å². The van der Waals surface area contributed by atoms with Crippen LogP contribution in [-0.2, 0) is 21.0 Å². The maximum Gasteiger partial charge on any atom is 0.224 e. The van der Waals surface area contributed by atoms with Crippen LogP contribution in [0.5, 0.6) is 0 Å². The largest absolute Gasteiger partial charge is 0.377 e. The molecule has 2 aromatic heterocycles. The predicted octanol–water partition coefficient (Wildman–Crippen LogP) is 2.69. The molecule has 6 nitrogen and oxygen atoms in total. The van der Waals surface area contributed by atoms with Crippen LogP contribution in [0.15, 0.2) is 5.38 Å². The molecule has 2 atom stereocenters. The number of nitrogens with zero attached hydrogens (tertiary/aromatic N) is 3. The molecule has 2 saturated heterocycles. The van der Waals surface area contributed by atoms with Gasteiger partial charge in [-0.25, -0.2) is 13.4 Å². The van der Waals surface area contributed by atoms with Gasteiger partial charge < -0.3 is 9.64 Å². The number of morpholine rings is 1. The normalized spacial score (nSPS) is 26.4. The molecule has 2 aromatic rings. The lowest BCUT2D eigenvalue weighted by molar-refractivity contribution is 0.0987. The van der Waals surface area contributed by atoms with Crippen molar-refractivity contribution in [1.82, 2.24) is 9.97 Å². The Kier molecular flexibility index (Phi) is 4.64. The first-order valence-electron chi connectivity index (χ1n) is 8.45. The van der Waals surface area contributed by atoms with E-state index in [1.165, 1.54) is 0 Å². The Morgan fingerprint density at radius 1 is 1.44 bits per heavy atom. The fraction of sp³-hybridized carbons (Fsp3) is 0.625. The highest BCUT2D eigenvalue weighted by Crippen LogP contribution is 2.36. The third-order valence-corrected chi connectivity index (χ3v) is 8.45. The molecule has 0 amide bonds. The van der Waals surface area contributed by atoms with Crippen LogP contribution in [0.2, 0.25) is 5.28 Å². The molecule has 2 aliphatic heterocycles. The number of halogens is 1. The lowest BCUT2D eigenvalue weighted by Gasteiger charge is -2.34. The minimum atomic E-state index is -2.98. The van der Waals surface area contributed by atoms with Gasteiger partial charge in [0.25, 0.3) is 0 Å². The van der Waals surface area contributed by atoms with Crippen molar-refractivity contribution in [1.29, 1.82) is 0 Å². The van der Waals surface area contributed by atoms with Crippen molar-refractivity contribution >= 4 is 48.8 Å². The van der Waals surface area contributed by atoms with E-state index in [2.05, 4.69) is 21.8 Å². The lowest BCUT2D eigenvalue weighted by atomic mass is 10.1. The highest BCUT2D eigenvalue weighted by Gasteiger charge is 2.32. The Morgan fingerprint density at radius 2 is 2.28 bits per heavy atom. The van der Waals surface area contributed by atoms with Crippen molar-refractivity contribution in [3.05, 3.63) is 16.2 Å². The SMILES string of the molecule is C[C@@H]1COCCN1c1nc(Cl)nc2c(CC3CCCS3(=O)=O)csc12. The highest BCUT2D eigenvalue weighted by molar-refractivity contribution is 7.92. The molecule has 0 radical (unpaired) electrons. The zero-order chi connectivity index (χ0) is 17.6. The van der Waals surface area contributed by atoms with Crippen LogP contribution in [0, 0.1) is 0 Å². The van der Waals surface area contributed by atoms with Crippen LogP contribution in [0.3, 0.4) is 0 Å². The summed E-state index contributed by atoms with van der Waals surface area (Å²) < 4.78 is 30.8. The van der Waals surface area contributed by atoms with Gasteiger partial charge in [-0.3, -0.25) is 0 Å². The smallest absolute Gasteiger partial charge is 0.224 e. The third kappa shape index (κ3) is 3.25. The van der Waals surface area contributed by atoms with Crippen molar-refractivity contribution in [2.75, 3.05) is 30.4 Å². The molecule has 4 heterocycles. The molecule has 0 aliphatic carbocycles. The predicted molar refractivity (Wildman–Crippen MR) is 101 cm³/mol. The van der Waals surface area contributed by atoms with Gasteiger partial charge in [-0.15, -0.1) is 11.3 Å². The molecule has 0 N–H and O–H groups in total. The summed E-state index contributed by atoms with van der Waals surface area (Å²) in [5.74, 6) is 1.13. The van der Waals surface area contributed by atoms with Gasteiger partial charge in [0, 0.05) is 6.54 Å². The van der Waals surface area contributed by atoms with Crippen LogP contribution in [-0.4, -0.2) is 55.2 Å². The molecule has 1 unspecified atom stereocenters. The highest BCUT2D eigenvalue weighted by atomic mass is 35.5. The van der Waals surface area contributed by atoms with E-state index in [1.807, 2.05) is 5.38 Å². The Morgan fingerprint density at radius 3 is 3.00 bits per heavy atom. The second kappa shape index (κ2) is 6.64. The van der Waals surface area contributed by atoms with Gasteiger partial charge in [-0.2, -0.15) is 4.98 Å². The number of sulfone groups is 1. The maximum atomic E-state index is 12.2. The van der Waals surface area contributed by atoms with E-state index in [1.54, 1.807) is 11.3 Å². The van der Waals surface area contributed by atoms with E-state index in [0.717, 1.165) is 41.0 Å². The number of aromatic nitrogens is 2. The molecule has 136 valence electrons. The quantitative estimate of drug-likeness (QED) is 0.736.